The maximum atomic E-state index is 11.0. The lowest BCUT2D eigenvalue weighted by Gasteiger charge is -2.39. The van der Waals surface area contributed by atoms with Gasteiger partial charge in [0.05, 0.1) is 24.7 Å². The maximum absolute atomic E-state index is 11.0. The Hall–Kier alpha value is -2.20. The van der Waals surface area contributed by atoms with Gasteiger partial charge in [-0.25, -0.2) is 4.98 Å². The molecule has 136 valence electrons. The normalized spacial score (nSPS) is 15.5. The van der Waals surface area contributed by atoms with Crippen LogP contribution in [0.2, 0.25) is 0 Å². The molecule has 0 aliphatic carbocycles. The lowest BCUT2D eigenvalue weighted by molar-refractivity contribution is 0.397. The molecule has 3 heterocycles. The summed E-state index contributed by atoms with van der Waals surface area (Å²) in [4.78, 5) is 6.18. The molecule has 1 saturated heterocycles. The molecule has 1 fully saturated rings. The van der Waals surface area contributed by atoms with Gasteiger partial charge < -0.3 is 9.64 Å². The smallest absolute Gasteiger partial charge is 0.265 e. The van der Waals surface area contributed by atoms with Gasteiger partial charge in [0.25, 0.3) is 10.1 Å². The predicted molar refractivity (Wildman–Crippen MR) is 91.9 cm³/mol. The topological polar surface area (TPSA) is 110 Å². The van der Waals surface area contributed by atoms with Crippen molar-refractivity contribution in [2.75, 3.05) is 30.9 Å². The van der Waals surface area contributed by atoms with Crippen molar-refractivity contribution < 1.29 is 17.7 Å². The highest BCUT2D eigenvalue weighted by Crippen LogP contribution is 2.29. The van der Waals surface area contributed by atoms with E-state index in [2.05, 4.69) is 15.2 Å². The van der Waals surface area contributed by atoms with Crippen LogP contribution in [0.4, 0.5) is 5.95 Å². The molecule has 0 spiro atoms. The minimum Gasteiger partial charge on any atom is -0.481 e. The molecule has 0 amide bonds. The number of aromatic nitrogens is 4. The Morgan fingerprint density at radius 3 is 2.56 bits per heavy atom. The number of pyridine rings is 1. The first-order chi connectivity index (χ1) is 11.8. The van der Waals surface area contributed by atoms with E-state index in [-0.39, 0.29) is 17.6 Å². The second-order valence-corrected chi connectivity index (χ2v) is 7.92. The Bertz CT molecular complexity index is 841. The van der Waals surface area contributed by atoms with E-state index in [0.717, 1.165) is 11.5 Å². The van der Waals surface area contributed by atoms with Crippen molar-refractivity contribution in [2.45, 2.75) is 19.8 Å². The minimum atomic E-state index is -3.96. The number of nitrogens with zero attached hydrogens (tertiary/aromatic N) is 5. The quantitative estimate of drug-likeness (QED) is 0.756. The number of methoxy groups -OCH3 is 1. The molecule has 25 heavy (non-hydrogen) atoms. The summed E-state index contributed by atoms with van der Waals surface area (Å²) in [6.45, 7) is 5.05. The zero-order valence-electron chi connectivity index (χ0n) is 14.3. The molecule has 0 radical (unpaired) electrons. The first-order valence-corrected chi connectivity index (χ1v) is 9.55. The van der Waals surface area contributed by atoms with Crippen LogP contribution in [0.15, 0.2) is 18.3 Å². The number of anilines is 1. The maximum Gasteiger partial charge on any atom is 0.265 e. The van der Waals surface area contributed by atoms with Crippen molar-refractivity contribution in [3.8, 4) is 11.6 Å². The molecule has 9 nitrogen and oxygen atoms in total. The third-order valence-corrected chi connectivity index (χ3v) is 4.95. The summed E-state index contributed by atoms with van der Waals surface area (Å²) in [7, 11) is -2.40. The number of rotatable bonds is 6. The minimum absolute atomic E-state index is 0.114. The van der Waals surface area contributed by atoms with Crippen LogP contribution in [-0.4, -0.2) is 58.7 Å². The van der Waals surface area contributed by atoms with Gasteiger partial charge in [0.1, 0.15) is 5.82 Å². The molecule has 1 N–H and O–H groups in total. The van der Waals surface area contributed by atoms with Crippen molar-refractivity contribution in [3.05, 3.63) is 24.2 Å². The Kier molecular flexibility index (Phi) is 4.65. The third kappa shape index (κ3) is 3.74. The molecule has 1 aliphatic heterocycles. The number of ether oxygens (including phenoxy) is 1. The van der Waals surface area contributed by atoms with Crippen molar-refractivity contribution in [1.29, 1.82) is 0 Å². The standard InChI is InChI=1S/C15H21N5O4S/c1-10(2)14-17-18-15(19-7-11(8-19)9-25(21,22)23)20(14)12-4-5-13(24-3)16-6-12/h4-6,10-11H,7-9H2,1-3H3,(H,21,22,23). The summed E-state index contributed by atoms with van der Waals surface area (Å²) in [5.41, 5.74) is 0.808. The van der Waals surface area contributed by atoms with Gasteiger partial charge in [0.2, 0.25) is 11.8 Å². The fraction of sp³-hybridized carbons (Fsp3) is 0.533. The molecule has 0 bridgehead atoms. The summed E-state index contributed by atoms with van der Waals surface area (Å²) in [6.07, 6.45) is 1.69. The highest BCUT2D eigenvalue weighted by atomic mass is 32.2. The van der Waals surface area contributed by atoms with Crippen molar-refractivity contribution in [3.63, 3.8) is 0 Å². The second kappa shape index (κ2) is 6.60. The first-order valence-electron chi connectivity index (χ1n) is 7.94. The van der Waals surface area contributed by atoms with Crippen molar-refractivity contribution in [2.24, 2.45) is 5.92 Å². The number of hydrogen-bond donors (Lipinski definition) is 1. The largest absolute Gasteiger partial charge is 0.481 e. The van der Waals surface area contributed by atoms with Gasteiger partial charge in [-0.3, -0.25) is 9.12 Å². The molecule has 0 atom stereocenters. The summed E-state index contributed by atoms with van der Waals surface area (Å²) in [5.74, 6) is 1.75. The third-order valence-electron chi connectivity index (χ3n) is 4.06. The molecular weight excluding hydrogens is 346 g/mol. The zero-order valence-corrected chi connectivity index (χ0v) is 15.1. The zero-order chi connectivity index (χ0) is 18.2. The van der Waals surface area contributed by atoms with E-state index in [1.807, 2.05) is 29.4 Å². The van der Waals surface area contributed by atoms with Crippen LogP contribution in [0.5, 0.6) is 5.88 Å². The fourth-order valence-electron chi connectivity index (χ4n) is 2.88. The van der Waals surface area contributed by atoms with E-state index < -0.39 is 10.1 Å². The molecule has 2 aromatic rings. The van der Waals surface area contributed by atoms with E-state index in [1.54, 1.807) is 19.4 Å². The van der Waals surface area contributed by atoms with E-state index in [9.17, 15) is 8.42 Å². The van der Waals surface area contributed by atoms with Gasteiger partial charge in [-0.2, -0.15) is 8.42 Å². The lowest BCUT2D eigenvalue weighted by Crippen LogP contribution is -2.50. The van der Waals surface area contributed by atoms with Crippen LogP contribution in [0.3, 0.4) is 0 Å². The van der Waals surface area contributed by atoms with Crippen molar-refractivity contribution >= 4 is 16.1 Å². The highest BCUT2D eigenvalue weighted by Gasteiger charge is 2.34. The Morgan fingerprint density at radius 1 is 1.32 bits per heavy atom. The lowest BCUT2D eigenvalue weighted by atomic mass is 10.0. The monoisotopic (exact) mass is 367 g/mol. The summed E-state index contributed by atoms with van der Waals surface area (Å²) in [5, 5.41) is 8.56. The Labute approximate surface area is 146 Å². The van der Waals surface area contributed by atoms with Crippen LogP contribution in [0.25, 0.3) is 5.69 Å². The summed E-state index contributed by atoms with van der Waals surface area (Å²) in [6, 6.07) is 3.64. The fourth-order valence-corrected chi connectivity index (χ4v) is 3.68. The van der Waals surface area contributed by atoms with E-state index in [1.165, 1.54) is 0 Å². The van der Waals surface area contributed by atoms with Gasteiger partial charge in [0.15, 0.2) is 0 Å². The summed E-state index contributed by atoms with van der Waals surface area (Å²) >= 11 is 0. The van der Waals surface area contributed by atoms with Crippen LogP contribution >= 0.6 is 0 Å². The molecule has 0 saturated carbocycles. The predicted octanol–water partition coefficient (Wildman–Crippen LogP) is 1.12. The van der Waals surface area contributed by atoms with Crippen LogP contribution in [0.1, 0.15) is 25.6 Å². The molecular formula is C15H21N5O4S. The average molecular weight is 367 g/mol. The van der Waals surface area contributed by atoms with Gasteiger partial charge in [-0.05, 0) is 6.07 Å². The highest BCUT2D eigenvalue weighted by molar-refractivity contribution is 7.85. The number of hydrogen-bond acceptors (Lipinski definition) is 7. The van der Waals surface area contributed by atoms with E-state index in [0.29, 0.717) is 24.9 Å². The molecule has 10 heteroatoms. The summed E-state index contributed by atoms with van der Waals surface area (Å²) < 4.78 is 38.0. The van der Waals surface area contributed by atoms with E-state index >= 15 is 0 Å². The molecule has 2 aromatic heterocycles. The Balaban J connectivity index is 1.88. The van der Waals surface area contributed by atoms with Crippen LogP contribution < -0.4 is 9.64 Å². The van der Waals surface area contributed by atoms with Gasteiger partial charge in [0, 0.05) is 31.0 Å². The van der Waals surface area contributed by atoms with E-state index in [4.69, 9.17) is 9.29 Å². The first kappa shape index (κ1) is 17.6. The molecule has 0 unspecified atom stereocenters. The van der Waals surface area contributed by atoms with Crippen LogP contribution in [-0.2, 0) is 10.1 Å². The van der Waals surface area contributed by atoms with Crippen LogP contribution in [0, 0.1) is 5.92 Å². The molecule has 1 aliphatic rings. The second-order valence-electron chi connectivity index (χ2n) is 6.43. The van der Waals surface area contributed by atoms with Gasteiger partial charge >= 0.3 is 0 Å². The average Bonchev–Trinajstić information content (AvgIpc) is 2.94. The van der Waals surface area contributed by atoms with Crippen molar-refractivity contribution in [1.82, 2.24) is 19.7 Å². The Morgan fingerprint density at radius 2 is 2.04 bits per heavy atom. The van der Waals surface area contributed by atoms with Gasteiger partial charge in [-0.15, -0.1) is 10.2 Å². The molecule has 3 rings (SSSR count). The SMILES string of the molecule is COc1ccc(-n2c(C(C)C)nnc2N2CC(CS(=O)(=O)O)C2)cn1. The molecule has 0 aromatic carbocycles. The van der Waals surface area contributed by atoms with Gasteiger partial charge in [-0.1, -0.05) is 13.8 Å².